The van der Waals surface area contributed by atoms with Crippen LogP contribution in [-0.4, -0.2) is 52.4 Å². The number of carbonyl (C=O) groups excluding carboxylic acids is 2. The molecular weight excluding hydrogens is 657 g/mol. The van der Waals surface area contributed by atoms with Crippen molar-refractivity contribution in [3.8, 4) is 11.5 Å². The Bertz CT molecular complexity index is 1600. The maximum absolute atomic E-state index is 15.5. The first-order valence-electron chi connectivity index (χ1n) is 18.4. The Labute approximate surface area is 307 Å². The summed E-state index contributed by atoms with van der Waals surface area (Å²) >= 11 is 0. The van der Waals surface area contributed by atoms with Gasteiger partial charge in [0.05, 0.1) is 51.7 Å². The highest BCUT2D eigenvalue weighted by atomic mass is 28.4. The first kappa shape index (κ1) is 39.2. The van der Waals surface area contributed by atoms with Crippen molar-refractivity contribution in [1.82, 2.24) is 0 Å². The number of carbonyl (C=O) groups is 2. The van der Waals surface area contributed by atoms with Crippen LogP contribution in [0, 0.1) is 34.5 Å². The van der Waals surface area contributed by atoms with Crippen LogP contribution in [0.5, 0.6) is 11.5 Å². The van der Waals surface area contributed by atoms with Crippen LogP contribution in [0.4, 0.5) is 0 Å². The molecule has 0 unspecified atom stereocenters. The lowest BCUT2D eigenvalue weighted by atomic mass is 9.61. The average Bonchev–Trinajstić information content (AvgIpc) is 3.35. The smallest absolute Gasteiger partial charge is 0.192 e. The van der Waals surface area contributed by atoms with E-state index in [1.54, 1.807) is 14.2 Å². The Kier molecular flexibility index (Phi) is 11.1. The molecule has 3 fully saturated rings. The van der Waals surface area contributed by atoms with Gasteiger partial charge in [0, 0.05) is 16.9 Å². The molecule has 2 aromatic carbocycles. The summed E-state index contributed by atoms with van der Waals surface area (Å²) in [4.78, 5) is 30.3. The molecule has 0 amide bonds. The Morgan fingerprint density at radius 3 is 2.00 bits per heavy atom. The number of ether oxygens (including phenoxy) is 4. The van der Waals surface area contributed by atoms with E-state index in [0.717, 1.165) is 22.6 Å². The van der Waals surface area contributed by atoms with Crippen molar-refractivity contribution in [2.24, 2.45) is 34.5 Å². The number of benzene rings is 2. The first-order chi connectivity index (χ1) is 23.9. The zero-order valence-corrected chi connectivity index (χ0v) is 33.6. The van der Waals surface area contributed by atoms with Gasteiger partial charge in [-0.3, -0.25) is 9.59 Å². The zero-order chi connectivity index (χ0) is 37.6. The van der Waals surface area contributed by atoms with Crippen LogP contribution in [0.25, 0.3) is 0 Å². The average molecular weight is 717 g/mol. The van der Waals surface area contributed by atoms with E-state index < -0.39 is 25.3 Å². The summed E-state index contributed by atoms with van der Waals surface area (Å²) in [5.74, 6) is -0.0433. The lowest BCUT2D eigenvalue weighted by Crippen LogP contribution is -2.48. The van der Waals surface area contributed by atoms with Gasteiger partial charge in [0.2, 0.25) is 0 Å². The predicted octanol–water partition coefficient (Wildman–Crippen LogP) is 9.16. The number of allylic oxidation sites excluding steroid dienone is 1. The first-order valence-corrected chi connectivity index (χ1v) is 21.3. The molecule has 7 nitrogen and oxygen atoms in total. The lowest BCUT2D eigenvalue weighted by Gasteiger charge is -2.44. The minimum Gasteiger partial charge on any atom is -0.497 e. The molecule has 5 rings (SSSR count). The number of hydrogen-bond donors (Lipinski definition) is 0. The van der Waals surface area contributed by atoms with Crippen molar-refractivity contribution in [3.63, 3.8) is 0 Å². The number of hydrogen-bond acceptors (Lipinski definition) is 7. The van der Waals surface area contributed by atoms with Gasteiger partial charge in [-0.15, -0.1) is 6.58 Å². The highest BCUT2D eigenvalue weighted by molar-refractivity contribution is 6.74. The molecule has 3 aliphatic carbocycles. The molecule has 0 N–H and O–H groups in total. The van der Waals surface area contributed by atoms with Gasteiger partial charge in [-0.05, 0) is 90.0 Å². The number of rotatable bonds is 14. The van der Waals surface area contributed by atoms with Gasteiger partial charge >= 0.3 is 0 Å². The summed E-state index contributed by atoms with van der Waals surface area (Å²) in [6.45, 7) is 27.1. The zero-order valence-electron chi connectivity index (χ0n) is 32.6. The van der Waals surface area contributed by atoms with Crippen LogP contribution in [0.1, 0.15) is 71.9 Å². The van der Waals surface area contributed by atoms with E-state index in [9.17, 15) is 4.79 Å². The van der Waals surface area contributed by atoms with E-state index >= 15 is 4.79 Å². The quantitative estimate of drug-likeness (QED) is 0.0835. The van der Waals surface area contributed by atoms with Gasteiger partial charge in [-0.25, -0.2) is 0 Å². The van der Waals surface area contributed by atoms with Crippen LogP contribution < -0.4 is 9.47 Å². The summed E-state index contributed by atoms with van der Waals surface area (Å²) in [7, 11) is 0.961. The molecule has 3 aliphatic rings. The Hall–Kier alpha value is -3.04. The molecule has 2 aromatic rings. The molecule has 0 aliphatic heterocycles. The van der Waals surface area contributed by atoms with Gasteiger partial charge in [0.1, 0.15) is 11.5 Å². The highest BCUT2D eigenvalue weighted by Gasteiger charge is 2.81. The summed E-state index contributed by atoms with van der Waals surface area (Å²) in [5, 5.41) is -0.0436. The van der Waals surface area contributed by atoms with Crippen molar-refractivity contribution in [1.29, 1.82) is 0 Å². The largest absolute Gasteiger partial charge is 0.497 e. The van der Waals surface area contributed by atoms with Gasteiger partial charge in [-0.1, -0.05) is 78.5 Å². The van der Waals surface area contributed by atoms with E-state index in [4.69, 9.17) is 23.4 Å². The van der Waals surface area contributed by atoms with E-state index in [-0.39, 0.29) is 52.5 Å². The Morgan fingerprint density at radius 1 is 0.941 bits per heavy atom. The number of fused-ring (bicyclic) bond motifs is 1. The summed E-state index contributed by atoms with van der Waals surface area (Å²) in [6, 6.07) is 15.5. The van der Waals surface area contributed by atoms with Crippen LogP contribution in [0.3, 0.4) is 0 Å². The molecule has 0 radical (unpaired) electrons. The monoisotopic (exact) mass is 716 g/mol. The molecule has 0 saturated heterocycles. The van der Waals surface area contributed by atoms with Crippen LogP contribution in [0.2, 0.25) is 18.1 Å². The lowest BCUT2D eigenvalue weighted by molar-refractivity contribution is -0.143. The van der Waals surface area contributed by atoms with E-state index in [0.29, 0.717) is 38.0 Å². The van der Waals surface area contributed by atoms with Crippen molar-refractivity contribution in [2.75, 3.05) is 20.8 Å². The number of methoxy groups -OCH3 is 2. The minimum atomic E-state index is -2.32. The SMILES string of the molecule is C=C[C@@H]1C[C@H](OCc2ccc(OC)cc2)C[C@]12C(=O)[C@@H](C(=O)C(=C)COCc1ccc(OC)cc1)[C@@H]1C(C)(C)[C@]1(O[Si](C)(C)C(C)(C)C)C[C@H]2C. The normalized spacial score (nSPS) is 30.0. The van der Waals surface area contributed by atoms with Crippen LogP contribution >= 0.6 is 0 Å². The Balaban J connectivity index is 1.46. The summed E-state index contributed by atoms with van der Waals surface area (Å²) in [6.07, 6.45) is 3.68. The fraction of sp³-hybridized carbons (Fsp3) is 0.581. The molecule has 1 spiro atoms. The third-order valence-electron chi connectivity index (χ3n) is 13.1. The fourth-order valence-electron chi connectivity index (χ4n) is 9.00. The van der Waals surface area contributed by atoms with E-state index in [1.165, 1.54) is 0 Å². The molecule has 278 valence electrons. The molecule has 8 heteroatoms. The molecule has 0 heterocycles. The van der Waals surface area contributed by atoms with Crippen molar-refractivity contribution in [3.05, 3.63) is 84.5 Å². The standard InChI is InChI=1S/C43H60O7Si/c1-13-32-22-35(49-27-31-16-20-34(47-10)21-17-31)24-42(32)29(3)23-43(50-51(11,12)40(4,5)6)38(41(43,7)8)36(39(42)45)37(44)28(2)25-48-26-30-14-18-33(46-9)19-15-30/h13-21,29,32,35-36,38H,1-2,22-27H2,3-12H3/t29-,32-,35+,36+,38-,42-,43+/m1/s1. The van der Waals surface area contributed by atoms with Crippen LogP contribution in [-0.2, 0) is 36.7 Å². The topological polar surface area (TPSA) is 80.3 Å². The molecule has 0 aromatic heterocycles. The maximum atomic E-state index is 15.5. The third kappa shape index (κ3) is 7.06. The van der Waals surface area contributed by atoms with Gasteiger partial charge in [0.15, 0.2) is 19.9 Å². The van der Waals surface area contributed by atoms with Gasteiger partial charge < -0.3 is 23.4 Å². The molecule has 51 heavy (non-hydrogen) atoms. The fourth-order valence-corrected chi connectivity index (χ4v) is 10.7. The second kappa shape index (κ2) is 14.4. The van der Waals surface area contributed by atoms with Crippen LogP contribution in [0.15, 0.2) is 73.3 Å². The highest BCUT2D eigenvalue weighted by Crippen LogP contribution is 2.75. The molecule has 3 saturated carbocycles. The summed E-state index contributed by atoms with van der Waals surface area (Å²) in [5.41, 5.74) is 0.495. The second-order valence-electron chi connectivity index (χ2n) is 17.3. The Morgan fingerprint density at radius 2 is 1.49 bits per heavy atom. The van der Waals surface area contributed by atoms with E-state index in [2.05, 4.69) is 67.8 Å². The predicted molar refractivity (Wildman–Crippen MR) is 204 cm³/mol. The molecular formula is C43H60O7Si. The maximum Gasteiger partial charge on any atom is 0.192 e. The number of ketones is 2. The van der Waals surface area contributed by atoms with E-state index in [1.807, 2.05) is 54.6 Å². The third-order valence-corrected chi connectivity index (χ3v) is 17.6. The molecule has 7 atom stereocenters. The van der Waals surface area contributed by atoms with Crippen molar-refractivity contribution in [2.45, 2.75) is 104 Å². The van der Waals surface area contributed by atoms with Gasteiger partial charge in [-0.2, -0.15) is 0 Å². The minimum absolute atomic E-state index is 0.00645. The number of Topliss-reactive ketones (excluding diaryl/α,β-unsaturated/α-hetero) is 2. The summed E-state index contributed by atoms with van der Waals surface area (Å²) < 4.78 is 30.6. The van der Waals surface area contributed by atoms with Crippen molar-refractivity contribution < 1.29 is 33.0 Å². The molecule has 0 bridgehead atoms. The second-order valence-corrected chi connectivity index (χ2v) is 22.0. The van der Waals surface area contributed by atoms with Crippen molar-refractivity contribution >= 4 is 19.9 Å². The van der Waals surface area contributed by atoms with Gasteiger partial charge in [0.25, 0.3) is 0 Å².